The predicted molar refractivity (Wildman–Crippen MR) is 59.2 cm³/mol. The Hall–Kier alpha value is -1.82. The van der Waals surface area contributed by atoms with Crippen molar-refractivity contribution in [2.45, 2.75) is 6.54 Å². The average Bonchev–Trinajstić information content (AvgIpc) is 2.63. The van der Waals surface area contributed by atoms with Crippen molar-refractivity contribution in [1.29, 1.82) is 0 Å². The summed E-state index contributed by atoms with van der Waals surface area (Å²) in [4.78, 5) is 24.5. The fourth-order valence-corrected chi connectivity index (χ4v) is 1.93. The lowest BCUT2D eigenvalue weighted by Gasteiger charge is -2.06. The van der Waals surface area contributed by atoms with Crippen molar-refractivity contribution in [2.75, 3.05) is 5.73 Å². The Kier molecular flexibility index (Phi) is 2.42. The molecule has 0 aliphatic heterocycles. The van der Waals surface area contributed by atoms with E-state index in [0.717, 1.165) is 5.56 Å². The Morgan fingerprint density at radius 1 is 1.47 bits per heavy atom. The third-order valence-electron chi connectivity index (χ3n) is 1.99. The van der Waals surface area contributed by atoms with Gasteiger partial charge in [0.1, 0.15) is 5.82 Å². The van der Waals surface area contributed by atoms with E-state index in [0.29, 0.717) is 6.54 Å². The van der Waals surface area contributed by atoms with Crippen LogP contribution < -0.4 is 17.0 Å². The molecule has 2 aromatic rings. The molecule has 0 unspecified atom stereocenters. The van der Waals surface area contributed by atoms with Gasteiger partial charge >= 0.3 is 5.69 Å². The molecule has 2 rings (SSSR count). The maximum atomic E-state index is 11.4. The highest BCUT2D eigenvalue weighted by molar-refractivity contribution is 7.07. The van der Waals surface area contributed by atoms with Gasteiger partial charge < -0.3 is 5.73 Å². The van der Waals surface area contributed by atoms with Gasteiger partial charge in [0, 0.05) is 6.07 Å². The number of hydrogen-bond donors (Lipinski definition) is 2. The first-order valence-corrected chi connectivity index (χ1v) is 5.22. The molecule has 0 aliphatic carbocycles. The molecular weight excluding hydrogens is 214 g/mol. The molecule has 2 aromatic heterocycles. The Morgan fingerprint density at radius 3 is 2.87 bits per heavy atom. The highest BCUT2D eigenvalue weighted by atomic mass is 32.1. The van der Waals surface area contributed by atoms with E-state index in [1.807, 2.05) is 16.8 Å². The molecule has 0 saturated heterocycles. The molecule has 0 aliphatic rings. The van der Waals surface area contributed by atoms with E-state index in [4.69, 9.17) is 5.73 Å². The Morgan fingerprint density at radius 2 is 2.27 bits per heavy atom. The molecule has 0 saturated carbocycles. The summed E-state index contributed by atoms with van der Waals surface area (Å²) in [5, 5.41) is 3.85. The molecule has 3 N–H and O–H groups in total. The van der Waals surface area contributed by atoms with Crippen molar-refractivity contribution in [2.24, 2.45) is 0 Å². The number of nitrogens with one attached hydrogen (secondary N) is 1. The highest BCUT2D eigenvalue weighted by Crippen LogP contribution is 2.08. The van der Waals surface area contributed by atoms with Crippen molar-refractivity contribution >= 4 is 17.2 Å². The van der Waals surface area contributed by atoms with Gasteiger partial charge in [-0.05, 0) is 22.4 Å². The summed E-state index contributed by atoms with van der Waals surface area (Å²) < 4.78 is 1.32. The molecular formula is C9H9N3O2S. The van der Waals surface area contributed by atoms with Crippen LogP contribution in [-0.2, 0) is 6.54 Å². The summed E-state index contributed by atoms with van der Waals surface area (Å²) in [6, 6.07) is 3.11. The lowest BCUT2D eigenvalue weighted by Crippen LogP contribution is -2.31. The zero-order valence-electron chi connectivity index (χ0n) is 7.77. The number of aromatic amines is 1. The average molecular weight is 223 g/mol. The summed E-state index contributed by atoms with van der Waals surface area (Å²) in [6.45, 7) is 0.380. The fourth-order valence-electron chi connectivity index (χ4n) is 1.27. The van der Waals surface area contributed by atoms with Gasteiger partial charge in [0.2, 0.25) is 0 Å². The lowest BCUT2D eigenvalue weighted by molar-refractivity contribution is 0.734. The summed E-state index contributed by atoms with van der Waals surface area (Å²) in [5.74, 6) is 0.176. The number of rotatable bonds is 2. The predicted octanol–water partition coefficient (Wildman–Crippen LogP) is 0.229. The quantitative estimate of drug-likeness (QED) is 0.764. The van der Waals surface area contributed by atoms with Gasteiger partial charge in [-0.1, -0.05) is 0 Å². The van der Waals surface area contributed by atoms with Crippen LogP contribution in [0.3, 0.4) is 0 Å². The van der Waals surface area contributed by atoms with Gasteiger partial charge in [0.25, 0.3) is 5.56 Å². The summed E-state index contributed by atoms with van der Waals surface area (Å²) in [6.07, 6.45) is 0. The van der Waals surface area contributed by atoms with Crippen molar-refractivity contribution < 1.29 is 0 Å². The minimum atomic E-state index is -0.480. The van der Waals surface area contributed by atoms with Gasteiger partial charge in [-0.3, -0.25) is 14.3 Å². The Labute approximate surface area is 88.8 Å². The maximum Gasteiger partial charge on any atom is 0.330 e. The van der Waals surface area contributed by atoms with E-state index in [-0.39, 0.29) is 5.82 Å². The molecule has 0 spiro atoms. The lowest BCUT2D eigenvalue weighted by atomic mass is 10.3. The van der Waals surface area contributed by atoms with Crippen LogP contribution in [-0.4, -0.2) is 9.55 Å². The molecule has 2 heterocycles. The van der Waals surface area contributed by atoms with Crippen LogP contribution in [0.4, 0.5) is 5.82 Å². The molecule has 78 valence electrons. The fraction of sp³-hybridized carbons (Fsp3) is 0.111. The van der Waals surface area contributed by atoms with Crippen molar-refractivity contribution in [3.63, 3.8) is 0 Å². The van der Waals surface area contributed by atoms with Gasteiger partial charge in [0.05, 0.1) is 6.54 Å². The minimum Gasteiger partial charge on any atom is -0.385 e. The van der Waals surface area contributed by atoms with E-state index in [1.165, 1.54) is 10.6 Å². The number of nitrogens with two attached hydrogens (primary N) is 1. The molecule has 0 radical (unpaired) electrons. The van der Waals surface area contributed by atoms with Crippen molar-refractivity contribution in [3.05, 3.63) is 49.3 Å². The van der Waals surface area contributed by atoms with Crippen LogP contribution in [0, 0.1) is 0 Å². The first-order chi connectivity index (χ1) is 7.16. The Bertz CT molecular complexity index is 568. The first-order valence-electron chi connectivity index (χ1n) is 4.27. The molecule has 0 atom stereocenters. The summed E-state index contributed by atoms with van der Waals surface area (Å²) in [5.41, 5.74) is 5.62. The zero-order chi connectivity index (χ0) is 10.8. The molecule has 15 heavy (non-hydrogen) atoms. The van der Waals surface area contributed by atoms with E-state index >= 15 is 0 Å². The van der Waals surface area contributed by atoms with Gasteiger partial charge in [-0.15, -0.1) is 0 Å². The largest absolute Gasteiger partial charge is 0.385 e. The highest BCUT2D eigenvalue weighted by Gasteiger charge is 2.03. The summed E-state index contributed by atoms with van der Waals surface area (Å²) in [7, 11) is 0. The monoisotopic (exact) mass is 223 g/mol. The maximum absolute atomic E-state index is 11.4. The van der Waals surface area contributed by atoms with E-state index in [2.05, 4.69) is 4.98 Å². The number of aromatic nitrogens is 2. The first kappa shape index (κ1) is 9.72. The number of H-pyrrole nitrogens is 1. The minimum absolute atomic E-state index is 0.176. The second kappa shape index (κ2) is 3.74. The van der Waals surface area contributed by atoms with Crippen LogP contribution in [0.15, 0.2) is 32.5 Å². The van der Waals surface area contributed by atoms with Crippen LogP contribution in [0.5, 0.6) is 0 Å². The smallest absolute Gasteiger partial charge is 0.330 e. The van der Waals surface area contributed by atoms with E-state index in [9.17, 15) is 9.59 Å². The second-order valence-corrected chi connectivity index (χ2v) is 3.86. The van der Waals surface area contributed by atoms with E-state index < -0.39 is 11.2 Å². The molecule has 0 aromatic carbocycles. The second-order valence-electron chi connectivity index (χ2n) is 3.08. The van der Waals surface area contributed by atoms with Crippen LogP contribution in [0.2, 0.25) is 0 Å². The molecule has 6 heteroatoms. The number of thiophene rings is 1. The van der Waals surface area contributed by atoms with Crippen molar-refractivity contribution in [1.82, 2.24) is 9.55 Å². The number of hydrogen-bond acceptors (Lipinski definition) is 4. The van der Waals surface area contributed by atoms with Gasteiger partial charge in [0.15, 0.2) is 0 Å². The molecule has 0 bridgehead atoms. The standard InChI is InChI=1S/C9H9N3O2S/c10-7-3-8(13)11-9(14)12(7)4-6-1-2-15-5-6/h1-3,5H,4,10H2,(H,11,13,14). The molecule has 0 fully saturated rings. The van der Waals surface area contributed by atoms with Crippen molar-refractivity contribution in [3.8, 4) is 0 Å². The molecule has 5 nitrogen and oxygen atoms in total. The van der Waals surface area contributed by atoms with Gasteiger partial charge in [-0.25, -0.2) is 4.79 Å². The number of nitrogen functional groups attached to an aromatic ring is 1. The summed E-state index contributed by atoms with van der Waals surface area (Å²) >= 11 is 1.55. The van der Waals surface area contributed by atoms with Crippen LogP contribution >= 0.6 is 11.3 Å². The SMILES string of the molecule is Nc1cc(=O)[nH]c(=O)n1Cc1ccsc1. The topological polar surface area (TPSA) is 80.9 Å². The van der Waals surface area contributed by atoms with Gasteiger partial charge in [-0.2, -0.15) is 11.3 Å². The Balaban J connectivity index is 2.45. The van der Waals surface area contributed by atoms with E-state index in [1.54, 1.807) is 11.3 Å². The third kappa shape index (κ3) is 1.99. The normalized spacial score (nSPS) is 10.4. The third-order valence-corrected chi connectivity index (χ3v) is 2.72. The van der Waals surface area contributed by atoms with Crippen LogP contribution in [0.1, 0.15) is 5.56 Å². The number of nitrogens with zero attached hydrogens (tertiary/aromatic N) is 1. The zero-order valence-corrected chi connectivity index (χ0v) is 8.58. The number of anilines is 1. The van der Waals surface area contributed by atoms with Crippen LogP contribution in [0.25, 0.3) is 0 Å². The molecule has 0 amide bonds.